The largest absolute Gasteiger partial charge is 0.323 e. The van der Waals surface area contributed by atoms with Crippen LogP contribution in [-0.4, -0.2) is 29.4 Å². The lowest BCUT2D eigenvalue weighted by molar-refractivity contribution is 0.569. The minimum Gasteiger partial charge on any atom is -0.323 e. The molecule has 32 heavy (non-hydrogen) atoms. The number of aromatic nitrogens is 6. The normalized spacial score (nSPS) is 12.8. The minimum absolute atomic E-state index is 0.0581. The fourth-order valence-electron chi connectivity index (χ4n) is 3.78. The molecule has 2 aromatic carbocycles. The van der Waals surface area contributed by atoms with Crippen LogP contribution in [0.25, 0.3) is 26.6 Å². The predicted octanol–water partition coefficient (Wildman–Crippen LogP) is 5.85. The van der Waals surface area contributed by atoms with Crippen LogP contribution in [0.4, 0.5) is 0 Å². The molecule has 0 saturated carbocycles. The SMILES string of the molecule is CC(C)(C)c1cc(-c2nn3c(Cn4cnc5ccccc54)nnc3s2)cc(C(C)(C)C)c1. The second kappa shape index (κ2) is 7.24. The maximum absolute atomic E-state index is 4.93. The molecule has 0 aliphatic carbocycles. The van der Waals surface area contributed by atoms with E-state index >= 15 is 0 Å². The van der Waals surface area contributed by atoms with E-state index in [1.807, 2.05) is 29.0 Å². The molecule has 7 heteroatoms. The van der Waals surface area contributed by atoms with Crippen LogP contribution in [0.2, 0.25) is 0 Å². The minimum atomic E-state index is 0.0581. The number of imidazole rings is 1. The number of hydrogen-bond acceptors (Lipinski definition) is 5. The first-order chi connectivity index (χ1) is 15.1. The maximum Gasteiger partial charge on any atom is 0.235 e. The monoisotopic (exact) mass is 444 g/mol. The first-order valence-corrected chi connectivity index (χ1v) is 11.7. The van der Waals surface area contributed by atoms with E-state index in [4.69, 9.17) is 5.10 Å². The van der Waals surface area contributed by atoms with Crippen molar-refractivity contribution in [1.82, 2.24) is 29.4 Å². The third-order valence-electron chi connectivity index (χ3n) is 5.81. The Hall–Kier alpha value is -3.06. The summed E-state index contributed by atoms with van der Waals surface area (Å²) in [6.45, 7) is 14.1. The molecule has 164 valence electrons. The molecule has 0 bridgehead atoms. The molecule has 3 aromatic heterocycles. The fourth-order valence-corrected chi connectivity index (χ4v) is 4.62. The van der Waals surface area contributed by atoms with E-state index in [-0.39, 0.29) is 10.8 Å². The molecule has 0 fully saturated rings. The van der Waals surface area contributed by atoms with Gasteiger partial charge in [0.25, 0.3) is 0 Å². The van der Waals surface area contributed by atoms with Crippen LogP contribution in [0.3, 0.4) is 0 Å². The Labute approximate surface area is 192 Å². The Kier molecular flexibility index (Phi) is 4.71. The van der Waals surface area contributed by atoms with Crippen LogP contribution in [-0.2, 0) is 17.4 Å². The Bertz CT molecular complexity index is 1390. The van der Waals surface area contributed by atoms with Crippen molar-refractivity contribution in [1.29, 1.82) is 0 Å². The van der Waals surface area contributed by atoms with E-state index in [0.29, 0.717) is 6.54 Å². The summed E-state index contributed by atoms with van der Waals surface area (Å²) in [7, 11) is 0. The first kappa shape index (κ1) is 20.8. The molecule has 5 rings (SSSR count). The number of rotatable bonds is 3. The Morgan fingerprint density at radius 2 is 1.56 bits per heavy atom. The zero-order valence-electron chi connectivity index (χ0n) is 19.4. The zero-order chi connectivity index (χ0) is 22.7. The van der Waals surface area contributed by atoms with Crippen LogP contribution in [0.1, 0.15) is 58.5 Å². The summed E-state index contributed by atoms with van der Waals surface area (Å²) < 4.78 is 3.96. The third kappa shape index (κ3) is 3.71. The highest BCUT2D eigenvalue weighted by atomic mass is 32.1. The van der Waals surface area contributed by atoms with E-state index in [2.05, 4.69) is 85.6 Å². The topological polar surface area (TPSA) is 60.9 Å². The summed E-state index contributed by atoms with van der Waals surface area (Å²) in [5.74, 6) is 0.800. The lowest BCUT2D eigenvalue weighted by atomic mass is 9.79. The summed E-state index contributed by atoms with van der Waals surface area (Å²) in [6.07, 6.45) is 1.85. The Morgan fingerprint density at radius 3 is 2.25 bits per heavy atom. The summed E-state index contributed by atoms with van der Waals surface area (Å²) in [5.41, 5.74) is 5.93. The first-order valence-electron chi connectivity index (χ1n) is 10.9. The molecule has 0 saturated heterocycles. The van der Waals surface area contributed by atoms with Gasteiger partial charge in [-0.3, -0.25) is 0 Å². The van der Waals surface area contributed by atoms with E-state index < -0.39 is 0 Å². The predicted molar refractivity (Wildman–Crippen MR) is 130 cm³/mol. The average molecular weight is 445 g/mol. The van der Waals surface area contributed by atoms with Crippen LogP contribution < -0.4 is 0 Å². The van der Waals surface area contributed by atoms with E-state index in [1.165, 1.54) is 11.1 Å². The van der Waals surface area contributed by atoms with Crippen LogP contribution in [0.5, 0.6) is 0 Å². The van der Waals surface area contributed by atoms with Gasteiger partial charge in [0.05, 0.1) is 23.9 Å². The molecule has 0 radical (unpaired) electrons. The molecule has 0 aliphatic heterocycles. The summed E-state index contributed by atoms with van der Waals surface area (Å²) in [6, 6.07) is 15.0. The smallest absolute Gasteiger partial charge is 0.235 e. The standard InChI is InChI=1S/C25H28N6S/c1-24(2,3)17-11-16(12-18(13-17)25(4,5)6)22-29-31-21(27-28-23(31)32-22)14-30-15-26-19-9-7-8-10-20(19)30/h7-13,15H,14H2,1-6H3. The molecule has 6 nitrogen and oxygen atoms in total. The second-order valence-electron chi connectivity index (χ2n) is 10.4. The molecule has 0 aliphatic rings. The van der Waals surface area contributed by atoms with E-state index in [0.717, 1.165) is 32.4 Å². The highest BCUT2D eigenvalue weighted by molar-refractivity contribution is 7.19. The third-order valence-corrected chi connectivity index (χ3v) is 6.75. The average Bonchev–Trinajstić information content (AvgIpc) is 3.42. The molecule has 0 N–H and O–H groups in total. The number of fused-ring (bicyclic) bond motifs is 2. The van der Waals surface area contributed by atoms with Gasteiger partial charge in [0.2, 0.25) is 4.96 Å². The molecule has 0 unspecified atom stereocenters. The second-order valence-corrected chi connectivity index (χ2v) is 11.3. The Balaban J connectivity index is 1.57. The van der Waals surface area contributed by atoms with Gasteiger partial charge >= 0.3 is 0 Å². The number of nitrogens with zero attached hydrogens (tertiary/aromatic N) is 6. The molecule has 0 amide bonds. The van der Waals surface area contributed by atoms with Crippen molar-refractivity contribution in [3.63, 3.8) is 0 Å². The number of para-hydroxylation sites is 2. The summed E-state index contributed by atoms with van der Waals surface area (Å²) >= 11 is 1.58. The van der Waals surface area contributed by atoms with Crippen LogP contribution >= 0.6 is 11.3 Å². The van der Waals surface area contributed by atoms with Gasteiger partial charge in [-0.05, 0) is 46.2 Å². The maximum atomic E-state index is 4.93. The van der Waals surface area contributed by atoms with Crippen molar-refractivity contribution in [2.75, 3.05) is 0 Å². The Morgan fingerprint density at radius 1 is 0.875 bits per heavy atom. The zero-order valence-corrected chi connectivity index (χ0v) is 20.2. The molecular weight excluding hydrogens is 416 g/mol. The van der Waals surface area contributed by atoms with Crippen molar-refractivity contribution in [2.45, 2.75) is 58.9 Å². The van der Waals surface area contributed by atoms with Gasteiger partial charge in [-0.2, -0.15) is 9.61 Å². The van der Waals surface area contributed by atoms with Crippen LogP contribution in [0, 0.1) is 0 Å². The highest BCUT2D eigenvalue weighted by Gasteiger charge is 2.22. The van der Waals surface area contributed by atoms with Crippen molar-refractivity contribution >= 4 is 27.3 Å². The summed E-state index contributed by atoms with van der Waals surface area (Å²) in [4.78, 5) is 5.29. The number of benzene rings is 2. The fraction of sp³-hybridized carbons (Fsp3) is 0.360. The van der Waals surface area contributed by atoms with Crippen molar-refractivity contribution in [2.24, 2.45) is 0 Å². The van der Waals surface area contributed by atoms with Gasteiger partial charge in [0.15, 0.2) is 5.82 Å². The summed E-state index contributed by atoms with van der Waals surface area (Å²) in [5, 5.41) is 14.7. The van der Waals surface area contributed by atoms with Gasteiger partial charge in [-0.15, -0.1) is 10.2 Å². The molecule has 0 atom stereocenters. The lowest BCUT2D eigenvalue weighted by Crippen LogP contribution is -2.16. The lowest BCUT2D eigenvalue weighted by Gasteiger charge is -2.25. The molecule has 5 aromatic rings. The van der Waals surface area contributed by atoms with Crippen LogP contribution in [0.15, 0.2) is 48.8 Å². The van der Waals surface area contributed by atoms with Crippen molar-refractivity contribution in [3.05, 3.63) is 65.7 Å². The highest BCUT2D eigenvalue weighted by Crippen LogP contribution is 2.35. The quantitative estimate of drug-likeness (QED) is 0.350. The van der Waals surface area contributed by atoms with E-state index in [1.54, 1.807) is 11.3 Å². The van der Waals surface area contributed by atoms with Crippen molar-refractivity contribution < 1.29 is 0 Å². The van der Waals surface area contributed by atoms with Gasteiger partial charge in [-0.1, -0.05) is 71.1 Å². The van der Waals surface area contributed by atoms with Gasteiger partial charge < -0.3 is 4.57 Å². The van der Waals surface area contributed by atoms with E-state index in [9.17, 15) is 0 Å². The molecule has 0 spiro atoms. The molecule has 3 heterocycles. The van der Waals surface area contributed by atoms with Gasteiger partial charge in [-0.25, -0.2) is 4.98 Å². The number of hydrogen-bond donors (Lipinski definition) is 0. The molecular formula is C25H28N6S. The van der Waals surface area contributed by atoms with Gasteiger partial charge in [0.1, 0.15) is 5.01 Å². The van der Waals surface area contributed by atoms with Gasteiger partial charge in [0, 0.05) is 5.56 Å². The van der Waals surface area contributed by atoms with Crippen molar-refractivity contribution in [3.8, 4) is 10.6 Å².